The summed E-state index contributed by atoms with van der Waals surface area (Å²) in [6.07, 6.45) is 1.75. The number of hydrogen-bond donors (Lipinski definition) is 2. The average molecular weight is 272 g/mol. The molecule has 112 valence electrons. The molecule has 0 spiro atoms. The molecule has 2 unspecified atom stereocenters. The summed E-state index contributed by atoms with van der Waals surface area (Å²) in [5.41, 5.74) is -0.459. The number of aliphatic hydroxyl groups excluding tert-OH is 1. The molecule has 19 heavy (non-hydrogen) atoms. The van der Waals surface area contributed by atoms with Gasteiger partial charge in [-0.3, -0.25) is 0 Å². The van der Waals surface area contributed by atoms with Crippen molar-refractivity contribution in [1.82, 2.24) is 10.2 Å². The SMILES string of the molecule is CC(N[C@H](C)CO)C1CCCN1C(=O)OC(C)(C)C. The summed E-state index contributed by atoms with van der Waals surface area (Å²) in [5, 5.41) is 12.4. The van der Waals surface area contributed by atoms with E-state index in [2.05, 4.69) is 12.2 Å². The van der Waals surface area contributed by atoms with Crippen molar-refractivity contribution in [3.05, 3.63) is 0 Å². The molecule has 1 aliphatic rings. The third kappa shape index (κ3) is 4.99. The lowest BCUT2D eigenvalue weighted by Crippen LogP contribution is -2.51. The predicted molar refractivity (Wildman–Crippen MR) is 75.1 cm³/mol. The highest BCUT2D eigenvalue weighted by molar-refractivity contribution is 5.69. The molecule has 2 N–H and O–H groups in total. The van der Waals surface area contributed by atoms with Gasteiger partial charge in [0.2, 0.25) is 0 Å². The molecule has 5 nitrogen and oxygen atoms in total. The predicted octanol–water partition coefficient (Wildman–Crippen LogP) is 1.74. The second-order valence-corrected chi connectivity index (χ2v) is 6.42. The van der Waals surface area contributed by atoms with E-state index in [0.717, 1.165) is 19.4 Å². The Bertz CT molecular complexity index is 302. The van der Waals surface area contributed by atoms with E-state index in [1.54, 1.807) is 0 Å². The Hall–Kier alpha value is -0.810. The number of rotatable bonds is 4. The van der Waals surface area contributed by atoms with E-state index in [4.69, 9.17) is 9.84 Å². The maximum absolute atomic E-state index is 12.2. The van der Waals surface area contributed by atoms with Gasteiger partial charge in [0.25, 0.3) is 0 Å². The first kappa shape index (κ1) is 16.2. The first-order valence-electron chi connectivity index (χ1n) is 7.11. The lowest BCUT2D eigenvalue weighted by Gasteiger charge is -2.33. The number of nitrogens with zero attached hydrogens (tertiary/aromatic N) is 1. The summed E-state index contributed by atoms with van der Waals surface area (Å²) in [4.78, 5) is 14.0. The number of nitrogens with one attached hydrogen (secondary N) is 1. The van der Waals surface area contributed by atoms with Crippen LogP contribution in [-0.2, 0) is 4.74 Å². The number of carbonyl (C=O) groups is 1. The van der Waals surface area contributed by atoms with Crippen molar-refractivity contribution in [2.45, 2.75) is 71.2 Å². The van der Waals surface area contributed by atoms with Gasteiger partial charge in [0.05, 0.1) is 12.6 Å². The van der Waals surface area contributed by atoms with E-state index >= 15 is 0 Å². The summed E-state index contributed by atoms with van der Waals surface area (Å²) in [5.74, 6) is 0. The van der Waals surface area contributed by atoms with Gasteiger partial charge >= 0.3 is 6.09 Å². The Morgan fingerprint density at radius 2 is 2.11 bits per heavy atom. The van der Waals surface area contributed by atoms with Crippen molar-refractivity contribution >= 4 is 6.09 Å². The summed E-state index contributed by atoms with van der Waals surface area (Å²) < 4.78 is 5.44. The molecule has 0 aromatic rings. The monoisotopic (exact) mass is 272 g/mol. The number of ether oxygens (including phenoxy) is 1. The molecule has 0 radical (unpaired) electrons. The lowest BCUT2D eigenvalue weighted by atomic mass is 10.1. The van der Waals surface area contributed by atoms with Gasteiger partial charge in [0.1, 0.15) is 5.60 Å². The van der Waals surface area contributed by atoms with Gasteiger partial charge in [-0.15, -0.1) is 0 Å². The number of carbonyl (C=O) groups excluding carboxylic acids is 1. The van der Waals surface area contributed by atoms with Crippen molar-refractivity contribution in [1.29, 1.82) is 0 Å². The van der Waals surface area contributed by atoms with Crippen molar-refractivity contribution in [2.75, 3.05) is 13.2 Å². The van der Waals surface area contributed by atoms with Crippen LogP contribution in [0.3, 0.4) is 0 Å². The maximum atomic E-state index is 12.2. The zero-order valence-corrected chi connectivity index (χ0v) is 12.8. The molecule has 1 aliphatic heterocycles. The van der Waals surface area contributed by atoms with Gasteiger partial charge in [-0.25, -0.2) is 4.79 Å². The minimum Gasteiger partial charge on any atom is -0.444 e. The number of hydrogen-bond acceptors (Lipinski definition) is 4. The minimum absolute atomic E-state index is 0.0380. The first-order chi connectivity index (χ1) is 8.74. The van der Waals surface area contributed by atoms with Crippen LogP contribution in [0.4, 0.5) is 4.79 Å². The topological polar surface area (TPSA) is 61.8 Å². The zero-order chi connectivity index (χ0) is 14.6. The summed E-state index contributed by atoms with van der Waals surface area (Å²) in [7, 11) is 0. The first-order valence-corrected chi connectivity index (χ1v) is 7.11. The van der Waals surface area contributed by atoms with Crippen LogP contribution in [0, 0.1) is 0 Å². The number of aliphatic hydroxyl groups is 1. The van der Waals surface area contributed by atoms with Crippen LogP contribution in [0.25, 0.3) is 0 Å². The van der Waals surface area contributed by atoms with Gasteiger partial charge in [0, 0.05) is 18.6 Å². The molecule has 1 heterocycles. The van der Waals surface area contributed by atoms with Crippen LogP contribution in [0.2, 0.25) is 0 Å². The van der Waals surface area contributed by atoms with E-state index in [9.17, 15) is 4.79 Å². The molecule has 0 aliphatic carbocycles. The third-order valence-electron chi connectivity index (χ3n) is 3.33. The van der Waals surface area contributed by atoms with Crippen LogP contribution >= 0.6 is 0 Å². The van der Waals surface area contributed by atoms with E-state index < -0.39 is 5.60 Å². The van der Waals surface area contributed by atoms with Gasteiger partial charge in [-0.1, -0.05) is 0 Å². The molecule has 0 saturated carbocycles. The fraction of sp³-hybridized carbons (Fsp3) is 0.929. The zero-order valence-electron chi connectivity index (χ0n) is 12.8. The molecule has 3 atom stereocenters. The summed E-state index contributed by atoms with van der Waals surface area (Å²) >= 11 is 0. The van der Waals surface area contributed by atoms with Crippen LogP contribution in [0.15, 0.2) is 0 Å². The molecule has 1 saturated heterocycles. The molecule has 5 heteroatoms. The largest absolute Gasteiger partial charge is 0.444 e. The molecule has 1 amide bonds. The molecular formula is C14H28N2O3. The minimum atomic E-state index is -0.459. The Morgan fingerprint density at radius 3 is 2.63 bits per heavy atom. The number of likely N-dealkylation sites (tertiary alicyclic amines) is 1. The fourth-order valence-electron chi connectivity index (χ4n) is 2.47. The smallest absolute Gasteiger partial charge is 0.410 e. The molecular weight excluding hydrogens is 244 g/mol. The Morgan fingerprint density at radius 1 is 1.47 bits per heavy atom. The lowest BCUT2D eigenvalue weighted by molar-refractivity contribution is 0.0195. The fourth-order valence-corrected chi connectivity index (χ4v) is 2.47. The maximum Gasteiger partial charge on any atom is 0.410 e. The van der Waals surface area contributed by atoms with E-state index in [1.165, 1.54) is 0 Å². The van der Waals surface area contributed by atoms with Gasteiger partial charge in [0.15, 0.2) is 0 Å². The molecule has 1 rings (SSSR count). The Balaban J connectivity index is 2.60. The van der Waals surface area contributed by atoms with E-state index in [0.29, 0.717) is 0 Å². The standard InChI is InChI=1S/C14H28N2O3/c1-10(9-17)15-11(2)12-7-6-8-16(12)13(18)19-14(3,4)5/h10-12,15,17H,6-9H2,1-5H3/t10-,11?,12?/m1/s1. The Kier molecular flexibility index (Phi) is 5.62. The highest BCUT2D eigenvalue weighted by Gasteiger charge is 2.35. The van der Waals surface area contributed by atoms with Gasteiger partial charge in [-0.05, 0) is 47.5 Å². The second kappa shape index (κ2) is 6.57. The van der Waals surface area contributed by atoms with Gasteiger partial charge in [-0.2, -0.15) is 0 Å². The molecule has 1 fully saturated rings. The second-order valence-electron chi connectivity index (χ2n) is 6.42. The van der Waals surface area contributed by atoms with Crippen molar-refractivity contribution in [2.24, 2.45) is 0 Å². The molecule has 0 bridgehead atoms. The van der Waals surface area contributed by atoms with Crippen molar-refractivity contribution < 1.29 is 14.6 Å². The summed E-state index contributed by atoms with van der Waals surface area (Å²) in [6, 6.07) is 0.331. The van der Waals surface area contributed by atoms with Crippen molar-refractivity contribution in [3.63, 3.8) is 0 Å². The average Bonchev–Trinajstić information content (AvgIpc) is 2.75. The van der Waals surface area contributed by atoms with Gasteiger partial charge < -0.3 is 20.1 Å². The third-order valence-corrected chi connectivity index (χ3v) is 3.33. The molecule has 0 aromatic carbocycles. The van der Waals surface area contributed by atoms with Crippen molar-refractivity contribution in [3.8, 4) is 0 Å². The van der Waals surface area contributed by atoms with Crippen LogP contribution in [0.1, 0.15) is 47.5 Å². The van der Waals surface area contributed by atoms with Crippen LogP contribution in [-0.4, -0.2) is 53.0 Å². The van der Waals surface area contributed by atoms with Crippen LogP contribution in [0.5, 0.6) is 0 Å². The highest BCUT2D eigenvalue weighted by Crippen LogP contribution is 2.23. The number of amides is 1. The molecule has 0 aromatic heterocycles. The highest BCUT2D eigenvalue weighted by atomic mass is 16.6. The van der Waals surface area contributed by atoms with E-state index in [1.807, 2.05) is 32.6 Å². The quantitative estimate of drug-likeness (QED) is 0.818. The summed E-state index contributed by atoms with van der Waals surface area (Å²) in [6.45, 7) is 10.5. The van der Waals surface area contributed by atoms with Crippen LogP contribution < -0.4 is 5.32 Å². The Labute approximate surface area is 116 Å². The normalized spacial score (nSPS) is 23.3. The van der Waals surface area contributed by atoms with E-state index in [-0.39, 0.29) is 30.8 Å².